The molecule has 1 aliphatic heterocycles. The van der Waals surface area contributed by atoms with Gasteiger partial charge in [0.1, 0.15) is 12.4 Å². The van der Waals surface area contributed by atoms with Gasteiger partial charge in [-0.2, -0.15) is 0 Å². The van der Waals surface area contributed by atoms with Crippen LogP contribution in [-0.2, 0) is 4.79 Å². The van der Waals surface area contributed by atoms with E-state index in [1.807, 2.05) is 6.08 Å². The fourth-order valence-corrected chi connectivity index (χ4v) is 8.48. The number of benzene rings is 1. The van der Waals surface area contributed by atoms with E-state index in [0.29, 0.717) is 29.5 Å². The van der Waals surface area contributed by atoms with Crippen LogP contribution in [0.1, 0.15) is 89.5 Å². The van der Waals surface area contributed by atoms with Crippen LogP contribution < -0.4 is 4.74 Å². The van der Waals surface area contributed by atoms with Gasteiger partial charge in [0.25, 0.3) is 0 Å². The van der Waals surface area contributed by atoms with Gasteiger partial charge in [0.2, 0.25) is 0 Å². The first-order valence-electron chi connectivity index (χ1n) is 14.4. The quantitative estimate of drug-likeness (QED) is 0.457. The molecule has 1 aromatic rings. The maximum atomic E-state index is 12.2. The van der Waals surface area contributed by atoms with E-state index in [1.54, 1.807) is 11.1 Å². The molecule has 5 aliphatic rings. The number of fused-ring (bicyclic) bond motifs is 4. The zero-order valence-electron chi connectivity index (χ0n) is 21.9. The SMILES string of the molecule is C[C@@H]1CCC2C3CCC4=CC(=O)CCC4=C3[C@@H](c3ccc(OCCN4CCCCC4)cc3)C[C@@]21C. The summed E-state index contributed by atoms with van der Waals surface area (Å²) in [6.45, 7) is 9.36. The number of hydrogen-bond donors (Lipinski definition) is 0. The number of carbonyl (C=O) groups excluding carboxylic acids is 1. The van der Waals surface area contributed by atoms with Crippen LogP contribution in [0.5, 0.6) is 5.75 Å². The van der Waals surface area contributed by atoms with Crippen LogP contribution in [0.2, 0.25) is 0 Å². The molecule has 188 valence electrons. The minimum absolute atomic E-state index is 0.334. The maximum absolute atomic E-state index is 12.2. The molecule has 5 atom stereocenters. The second-order valence-electron chi connectivity index (χ2n) is 12.4. The summed E-state index contributed by atoms with van der Waals surface area (Å²) in [7, 11) is 0. The lowest BCUT2D eigenvalue weighted by Gasteiger charge is -2.52. The van der Waals surface area contributed by atoms with E-state index in [0.717, 1.165) is 43.6 Å². The molecule has 0 aromatic heterocycles. The highest BCUT2D eigenvalue weighted by Gasteiger charge is 2.55. The molecule has 0 bridgehead atoms. The molecule has 0 radical (unpaired) electrons. The number of rotatable bonds is 5. The lowest BCUT2D eigenvalue weighted by Crippen LogP contribution is -2.42. The average Bonchev–Trinajstić information content (AvgIpc) is 3.18. The number of ether oxygens (including phenoxy) is 1. The largest absolute Gasteiger partial charge is 0.492 e. The number of hydrogen-bond acceptors (Lipinski definition) is 3. The summed E-state index contributed by atoms with van der Waals surface area (Å²) >= 11 is 0. The van der Waals surface area contributed by atoms with Gasteiger partial charge < -0.3 is 4.74 Å². The van der Waals surface area contributed by atoms with Gasteiger partial charge in [-0.3, -0.25) is 9.69 Å². The Balaban J connectivity index is 1.26. The standard InChI is InChI=1S/C32H43NO2/c1-22-6-15-30-28-13-9-24-20-25(34)10-14-27(24)31(28)29(21-32(22,30)2)23-7-11-26(12-8-23)35-19-18-33-16-4-3-5-17-33/h7-8,11-12,20,22,28-30H,3-6,9-10,13-19,21H2,1-2H3/t22-,28?,29-,30?,32-/m1/s1. The van der Waals surface area contributed by atoms with Crippen molar-refractivity contribution in [3.8, 4) is 5.75 Å². The molecule has 6 rings (SSSR count). The summed E-state index contributed by atoms with van der Waals surface area (Å²) in [4.78, 5) is 14.8. The monoisotopic (exact) mass is 473 g/mol. The molecule has 2 saturated carbocycles. The number of carbonyl (C=O) groups is 1. The number of nitrogens with zero attached hydrogens (tertiary/aromatic N) is 1. The highest BCUT2D eigenvalue weighted by molar-refractivity contribution is 5.93. The van der Waals surface area contributed by atoms with E-state index < -0.39 is 0 Å². The highest BCUT2D eigenvalue weighted by atomic mass is 16.5. The third kappa shape index (κ3) is 4.32. The first kappa shape index (κ1) is 23.5. The van der Waals surface area contributed by atoms with Gasteiger partial charge in [0.15, 0.2) is 5.78 Å². The molecular formula is C32H43NO2. The number of ketones is 1. The second-order valence-corrected chi connectivity index (χ2v) is 12.4. The molecule has 1 heterocycles. The zero-order chi connectivity index (χ0) is 24.0. The van der Waals surface area contributed by atoms with Crippen LogP contribution in [0, 0.1) is 23.2 Å². The van der Waals surface area contributed by atoms with Crippen molar-refractivity contribution in [2.75, 3.05) is 26.2 Å². The van der Waals surface area contributed by atoms with Crippen LogP contribution in [-0.4, -0.2) is 36.9 Å². The predicted octanol–water partition coefficient (Wildman–Crippen LogP) is 7.09. The van der Waals surface area contributed by atoms with E-state index in [-0.39, 0.29) is 0 Å². The van der Waals surface area contributed by atoms with Gasteiger partial charge in [-0.25, -0.2) is 0 Å². The summed E-state index contributed by atoms with van der Waals surface area (Å²) in [5.41, 5.74) is 6.52. The molecule has 0 amide bonds. The Morgan fingerprint density at radius 1 is 1.00 bits per heavy atom. The van der Waals surface area contributed by atoms with E-state index in [4.69, 9.17) is 4.74 Å². The second kappa shape index (κ2) is 9.54. The summed E-state index contributed by atoms with van der Waals surface area (Å²) in [6.07, 6.45) is 14.0. The van der Waals surface area contributed by atoms with Gasteiger partial charge in [-0.1, -0.05) is 38.0 Å². The van der Waals surface area contributed by atoms with Crippen molar-refractivity contribution in [3.05, 3.63) is 52.6 Å². The lowest BCUT2D eigenvalue weighted by atomic mass is 9.52. The Morgan fingerprint density at radius 2 is 1.80 bits per heavy atom. The molecule has 3 nitrogen and oxygen atoms in total. The number of allylic oxidation sites excluding steroid dienone is 4. The van der Waals surface area contributed by atoms with Crippen molar-refractivity contribution in [1.29, 1.82) is 0 Å². The minimum atomic E-state index is 0.334. The first-order chi connectivity index (χ1) is 17.0. The maximum Gasteiger partial charge on any atom is 0.156 e. The predicted molar refractivity (Wildman–Crippen MR) is 142 cm³/mol. The zero-order valence-corrected chi connectivity index (χ0v) is 21.9. The topological polar surface area (TPSA) is 29.5 Å². The van der Waals surface area contributed by atoms with Gasteiger partial charge >= 0.3 is 0 Å². The first-order valence-corrected chi connectivity index (χ1v) is 14.4. The molecule has 3 fully saturated rings. The summed E-state index contributed by atoms with van der Waals surface area (Å²) in [5, 5.41) is 0. The smallest absolute Gasteiger partial charge is 0.156 e. The Bertz CT molecular complexity index is 1010. The fourth-order valence-electron chi connectivity index (χ4n) is 8.48. The van der Waals surface area contributed by atoms with Crippen molar-refractivity contribution < 1.29 is 9.53 Å². The molecule has 0 N–H and O–H groups in total. The van der Waals surface area contributed by atoms with Crippen molar-refractivity contribution in [2.24, 2.45) is 23.2 Å². The van der Waals surface area contributed by atoms with Gasteiger partial charge in [-0.15, -0.1) is 0 Å². The van der Waals surface area contributed by atoms with E-state index in [1.165, 1.54) is 69.2 Å². The lowest BCUT2D eigenvalue weighted by molar-refractivity contribution is -0.114. The normalized spacial score (nSPS) is 35.3. The average molecular weight is 474 g/mol. The summed E-state index contributed by atoms with van der Waals surface area (Å²) in [6, 6.07) is 9.12. The molecule has 4 aliphatic carbocycles. The van der Waals surface area contributed by atoms with Crippen LogP contribution >= 0.6 is 0 Å². The van der Waals surface area contributed by atoms with Crippen molar-refractivity contribution in [2.45, 2.75) is 84.0 Å². The molecule has 1 aromatic carbocycles. The highest BCUT2D eigenvalue weighted by Crippen LogP contribution is 2.65. The van der Waals surface area contributed by atoms with E-state index >= 15 is 0 Å². The minimum Gasteiger partial charge on any atom is -0.492 e. The molecule has 3 heteroatoms. The van der Waals surface area contributed by atoms with Gasteiger partial charge in [0.05, 0.1) is 0 Å². The van der Waals surface area contributed by atoms with Crippen molar-refractivity contribution in [3.63, 3.8) is 0 Å². The van der Waals surface area contributed by atoms with Crippen LogP contribution in [0.4, 0.5) is 0 Å². The van der Waals surface area contributed by atoms with Crippen LogP contribution in [0.3, 0.4) is 0 Å². The van der Waals surface area contributed by atoms with Gasteiger partial charge in [0, 0.05) is 18.9 Å². The summed E-state index contributed by atoms with van der Waals surface area (Å²) < 4.78 is 6.16. The van der Waals surface area contributed by atoms with E-state index in [2.05, 4.69) is 43.0 Å². The Labute approximate surface area is 212 Å². The fraction of sp³-hybridized carbons (Fsp3) is 0.656. The van der Waals surface area contributed by atoms with Crippen molar-refractivity contribution >= 4 is 5.78 Å². The molecule has 1 saturated heterocycles. The molecule has 0 spiro atoms. The number of piperidine rings is 1. The third-order valence-corrected chi connectivity index (χ3v) is 10.6. The van der Waals surface area contributed by atoms with Crippen LogP contribution in [0.15, 0.2) is 47.1 Å². The van der Waals surface area contributed by atoms with Gasteiger partial charge in [-0.05, 0) is 123 Å². The molecular weight excluding hydrogens is 430 g/mol. The molecule has 2 unspecified atom stereocenters. The Morgan fingerprint density at radius 3 is 2.60 bits per heavy atom. The van der Waals surface area contributed by atoms with E-state index in [9.17, 15) is 4.79 Å². The van der Waals surface area contributed by atoms with Crippen LogP contribution in [0.25, 0.3) is 0 Å². The molecule has 35 heavy (non-hydrogen) atoms. The van der Waals surface area contributed by atoms with Crippen molar-refractivity contribution in [1.82, 2.24) is 4.90 Å². The summed E-state index contributed by atoms with van der Waals surface area (Å²) in [5.74, 6) is 4.12. The Hall–Kier alpha value is -1.87. The number of likely N-dealkylation sites (tertiary alicyclic amines) is 1. The Kier molecular flexibility index (Phi) is 6.41. The third-order valence-electron chi connectivity index (χ3n) is 10.6.